The lowest BCUT2D eigenvalue weighted by atomic mass is 9.98. The Balaban J connectivity index is 1.35. The van der Waals surface area contributed by atoms with Crippen LogP contribution in [0.15, 0.2) is 97.1 Å². The number of amides is 1. The van der Waals surface area contributed by atoms with E-state index in [1.807, 2.05) is 57.2 Å². The Morgan fingerprint density at radius 3 is 1.98 bits per heavy atom. The molecule has 1 amide bonds. The molecule has 0 unspecified atom stereocenters. The van der Waals surface area contributed by atoms with Crippen LogP contribution in [0.3, 0.4) is 0 Å². The third-order valence-electron chi connectivity index (χ3n) is 7.48. The summed E-state index contributed by atoms with van der Waals surface area (Å²) < 4.78 is 39.2. The fourth-order valence-corrected chi connectivity index (χ4v) is 5.46. The van der Waals surface area contributed by atoms with Crippen LogP contribution in [-0.4, -0.2) is 42.3 Å². The van der Waals surface area contributed by atoms with Crippen molar-refractivity contribution in [2.75, 3.05) is 19.7 Å². The predicted octanol–water partition coefficient (Wildman–Crippen LogP) is 8.09. The fourth-order valence-electron chi connectivity index (χ4n) is 5.46. The van der Waals surface area contributed by atoms with Crippen LogP contribution in [0.1, 0.15) is 32.8 Å². The van der Waals surface area contributed by atoms with Crippen molar-refractivity contribution >= 4 is 6.09 Å². The molecule has 224 valence electrons. The number of halogens is 2. The van der Waals surface area contributed by atoms with Crippen molar-refractivity contribution in [1.29, 1.82) is 0 Å². The van der Waals surface area contributed by atoms with Gasteiger partial charge in [0.05, 0.1) is 0 Å². The molecule has 2 atom stereocenters. The van der Waals surface area contributed by atoms with E-state index in [1.165, 1.54) is 29.8 Å². The van der Waals surface area contributed by atoms with Gasteiger partial charge in [-0.1, -0.05) is 54.6 Å². The molecule has 1 fully saturated rings. The summed E-state index contributed by atoms with van der Waals surface area (Å²) in [4.78, 5) is 14.7. The minimum atomic E-state index is -0.551. The molecule has 43 heavy (non-hydrogen) atoms. The first kappa shape index (κ1) is 30.2. The van der Waals surface area contributed by atoms with E-state index in [-0.39, 0.29) is 23.6 Å². The van der Waals surface area contributed by atoms with Gasteiger partial charge in [0.2, 0.25) is 0 Å². The first-order valence-electron chi connectivity index (χ1n) is 14.7. The summed E-state index contributed by atoms with van der Waals surface area (Å²) in [7, 11) is 0. The third kappa shape index (κ3) is 8.64. The number of rotatable bonds is 9. The first-order chi connectivity index (χ1) is 20.6. The van der Waals surface area contributed by atoms with Crippen LogP contribution < -0.4 is 10.1 Å². The second-order valence-electron chi connectivity index (χ2n) is 12.1. The maximum Gasteiger partial charge on any atom is 0.407 e. The van der Waals surface area contributed by atoms with E-state index >= 15 is 0 Å². The molecular formula is C36H38F2N2O3. The number of nitrogens with one attached hydrogen (secondary N) is 1. The van der Waals surface area contributed by atoms with E-state index in [1.54, 1.807) is 24.3 Å². The van der Waals surface area contributed by atoms with E-state index in [0.717, 1.165) is 41.8 Å². The van der Waals surface area contributed by atoms with Gasteiger partial charge in [0.1, 0.15) is 29.6 Å². The fraction of sp³-hybridized carbons (Fsp3) is 0.306. The number of alkyl carbamates (subject to hydrolysis) is 1. The van der Waals surface area contributed by atoms with Crippen LogP contribution >= 0.6 is 0 Å². The minimum Gasteiger partial charge on any atom is -0.492 e. The van der Waals surface area contributed by atoms with Crippen molar-refractivity contribution < 1.29 is 23.0 Å². The Morgan fingerprint density at radius 1 is 0.837 bits per heavy atom. The van der Waals surface area contributed by atoms with Gasteiger partial charge in [-0.15, -0.1) is 0 Å². The SMILES string of the molecule is CC(C)(C)OC(=O)NC[C@H]1C[C@@H](COc2cc(-c3ccc(F)cc3)cc(-c3ccc(F)cc3)c2)N(Cc2ccccc2)C1. The van der Waals surface area contributed by atoms with Crippen LogP contribution in [0.2, 0.25) is 0 Å². The average molecular weight is 585 g/mol. The molecule has 0 aliphatic carbocycles. The van der Waals surface area contributed by atoms with Crippen LogP contribution in [0, 0.1) is 17.6 Å². The summed E-state index contributed by atoms with van der Waals surface area (Å²) in [6, 6.07) is 29.1. The molecule has 4 aromatic rings. The van der Waals surface area contributed by atoms with Crippen molar-refractivity contribution in [2.24, 2.45) is 5.92 Å². The van der Waals surface area contributed by atoms with Gasteiger partial charge in [0.15, 0.2) is 0 Å². The average Bonchev–Trinajstić information content (AvgIpc) is 3.36. The number of hydrogen-bond donors (Lipinski definition) is 1. The number of carbonyl (C=O) groups is 1. The van der Waals surface area contributed by atoms with Gasteiger partial charge in [0.25, 0.3) is 0 Å². The number of benzene rings is 4. The summed E-state index contributed by atoms with van der Waals surface area (Å²) >= 11 is 0. The topological polar surface area (TPSA) is 50.8 Å². The summed E-state index contributed by atoms with van der Waals surface area (Å²) in [5, 5.41) is 2.94. The monoisotopic (exact) mass is 584 g/mol. The quantitative estimate of drug-likeness (QED) is 0.216. The van der Waals surface area contributed by atoms with Crippen molar-refractivity contribution in [1.82, 2.24) is 10.2 Å². The number of nitrogens with zero attached hydrogens (tertiary/aromatic N) is 1. The number of ether oxygens (including phenoxy) is 2. The molecule has 0 bridgehead atoms. The highest BCUT2D eigenvalue weighted by atomic mass is 19.1. The van der Waals surface area contributed by atoms with Crippen LogP contribution in [0.5, 0.6) is 5.75 Å². The number of carbonyl (C=O) groups excluding carboxylic acids is 1. The van der Waals surface area contributed by atoms with Crippen LogP contribution in [0.25, 0.3) is 22.3 Å². The van der Waals surface area contributed by atoms with Crippen molar-refractivity contribution in [3.05, 3.63) is 114 Å². The lowest BCUT2D eigenvalue weighted by Gasteiger charge is -2.25. The van der Waals surface area contributed by atoms with Gasteiger partial charge in [-0.3, -0.25) is 4.90 Å². The number of likely N-dealkylation sites (tertiary alicyclic amines) is 1. The Morgan fingerprint density at radius 2 is 1.42 bits per heavy atom. The molecule has 0 spiro atoms. The maximum atomic E-state index is 13.7. The molecular weight excluding hydrogens is 546 g/mol. The molecule has 1 aliphatic heterocycles. The summed E-state index contributed by atoms with van der Waals surface area (Å²) in [5.41, 5.74) is 4.13. The molecule has 4 aromatic carbocycles. The lowest BCUT2D eigenvalue weighted by molar-refractivity contribution is 0.0519. The zero-order chi connectivity index (χ0) is 30.4. The molecule has 0 radical (unpaired) electrons. The van der Waals surface area contributed by atoms with Crippen molar-refractivity contribution in [3.8, 4) is 28.0 Å². The largest absolute Gasteiger partial charge is 0.492 e. The standard InChI is InChI=1S/C36H38F2N2O3/c1-36(2,3)43-35(41)39-21-26-17-33(40(23-26)22-25-7-5-4-6-8-25)24-42-34-19-29(27-9-13-31(37)14-10-27)18-30(20-34)28-11-15-32(38)16-12-28/h4-16,18-20,26,33H,17,21-24H2,1-3H3,(H,39,41)/t26-,33+/m1/s1. The lowest BCUT2D eigenvalue weighted by Crippen LogP contribution is -2.36. The van der Waals surface area contributed by atoms with Gasteiger partial charge in [-0.2, -0.15) is 0 Å². The normalized spacial score (nSPS) is 17.0. The molecule has 1 N–H and O–H groups in total. The highest BCUT2D eigenvalue weighted by Gasteiger charge is 2.33. The van der Waals surface area contributed by atoms with Gasteiger partial charge >= 0.3 is 6.09 Å². The van der Waals surface area contributed by atoms with Crippen molar-refractivity contribution in [3.63, 3.8) is 0 Å². The maximum absolute atomic E-state index is 13.7. The van der Waals surface area contributed by atoms with Gasteiger partial charge < -0.3 is 14.8 Å². The third-order valence-corrected chi connectivity index (χ3v) is 7.48. The Bertz CT molecular complexity index is 1440. The minimum absolute atomic E-state index is 0.120. The Labute approximate surface area is 252 Å². The second-order valence-corrected chi connectivity index (χ2v) is 12.1. The molecule has 7 heteroatoms. The molecule has 1 saturated heterocycles. The molecule has 5 nitrogen and oxygen atoms in total. The van der Waals surface area contributed by atoms with E-state index in [2.05, 4.69) is 22.3 Å². The van der Waals surface area contributed by atoms with E-state index in [9.17, 15) is 13.6 Å². The van der Waals surface area contributed by atoms with Crippen LogP contribution in [-0.2, 0) is 11.3 Å². The highest BCUT2D eigenvalue weighted by Crippen LogP contribution is 2.33. The zero-order valence-electron chi connectivity index (χ0n) is 24.9. The van der Waals surface area contributed by atoms with Gasteiger partial charge in [-0.25, -0.2) is 13.6 Å². The Hall–Kier alpha value is -4.23. The predicted molar refractivity (Wildman–Crippen MR) is 166 cm³/mol. The summed E-state index contributed by atoms with van der Waals surface area (Å²) in [5.74, 6) is 0.317. The summed E-state index contributed by atoms with van der Waals surface area (Å²) in [6.07, 6.45) is 0.443. The van der Waals surface area contributed by atoms with E-state index in [4.69, 9.17) is 9.47 Å². The zero-order valence-corrected chi connectivity index (χ0v) is 24.9. The van der Waals surface area contributed by atoms with Crippen molar-refractivity contribution in [2.45, 2.75) is 45.4 Å². The van der Waals surface area contributed by atoms with E-state index in [0.29, 0.717) is 18.9 Å². The smallest absolute Gasteiger partial charge is 0.407 e. The molecule has 1 heterocycles. The van der Waals surface area contributed by atoms with Gasteiger partial charge in [-0.05, 0) is 103 Å². The summed E-state index contributed by atoms with van der Waals surface area (Å²) in [6.45, 7) is 8.11. The molecule has 0 aromatic heterocycles. The van der Waals surface area contributed by atoms with E-state index < -0.39 is 11.7 Å². The van der Waals surface area contributed by atoms with Crippen LogP contribution in [0.4, 0.5) is 13.6 Å². The second kappa shape index (κ2) is 13.4. The first-order valence-corrected chi connectivity index (χ1v) is 14.7. The Kier molecular flexibility index (Phi) is 9.41. The molecule has 1 aliphatic rings. The molecule has 0 saturated carbocycles. The highest BCUT2D eigenvalue weighted by molar-refractivity contribution is 5.75. The van der Waals surface area contributed by atoms with Gasteiger partial charge in [0, 0.05) is 25.7 Å². The number of hydrogen-bond acceptors (Lipinski definition) is 4. The molecule has 5 rings (SSSR count).